The third kappa shape index (κ3) is 2.67. The van der Waals surface area contributed by atoms with E-state index in [0.29, 0.717) is 13.0 Å². The normalized spacial score (nSPS) is 27.3. The minimum Gasteiger partial charge on any atom is -0.311 e. The number of nitriles is 4. The van der Waals surface area contributed by atoms with E-state index in [-0.39, 0.29) is 11.8 Å². The molecule has 3 atom stereocenters. The molecule has 1 N–H and O–H groups in total. The fourth-order valence-corrected chi connectivity index (χ4v) is 4.12. The monoisotopic (exact) mass is 311 g/mol. The summed E-state index contributed by atoms with van der Waals surface area (Å²) in [4.78, 5) is 0. The predicted octanol–water partition coefficient (Wildman–Crippen LogP) is 3.27. The molecule has 0 aromatic carbocycles. The van der Waals surface area contributed by atoms with Crippen molar-refractivity contribution < 1.29 is 0 Å². The first-order chi connectivity index (χ1) is 11.1. The van der Waals surface area contributed by atoms with Gasteiger partial charge in [0.15, 0.2) is 10.8 Å². The molecule has 5 nitrogen and oxygen atoms in total. The Bertz CT molecular complexity index is 540. The molecule has 0 amide bonds. The molecular formula is C18H25N5. The highest BCUT2D eigenvalue weighted by molar-refractivity contribution is 5.43. The van der Waals surface area contributed by atoms with Crippen LogP contribution in [0.4, 0.5) is 0 Å². The van der Waals surface area contributed by atoms with Gasteiger partial charge in [-0.2, -0.15) is 21.0 Å². The minimum absolute atomic E-state index is 0.0228. The molecule has 0 unspecified atom stereocenters. The van der Waals surface area contributed by atoms with Crippen molar-refractivity contribution in [2.45, 2.75) is 58.9 Å². The second kappa shape index (κ2) is 7.97. The molecule has 1 aliphatic carbocycles. The SMILES string of the molecule is CCCCN[C@@H]1[C@@H](CC)[C@@H](CCC)C(C#N)(C#N)C1(C#N)C#N. The highest BCUT2D eigenvalue weighted by Gasteiger charge is 2.71. The van der Waals surface area contributed by atoms with Gasteiger partial charge in [-0.3, -0.25) is 0 Å². The first-order valence-corrected chi connectivity index (χ1v) is 8.47. The van der Waals surface area contributed by atoms with Crippen molar-refractivity contribution in [2.75, 3.05) is 6.54 Å². The maximum absolute atomic E-state index is 9.83. The minimum atomic E-state index is -1.62. The van der Waals surface area contributed by atoms with E-state index in [9.17, 15) is 21.0 Å². The average Bonchev–Trinajstić information content (AvgIpc) is 2.81. The van der Waals surface area contributed by atoms with Crippen LogP contribution in [0.15, 0.2) is 0 Å². The Morgan fingerprint density at radius 3 is 1.83 bits per heavy atom. The number of nitrogens with zero attached hydrogens (tertiary/aromatic N) is 4. The first-order valence-electron chi connectivity index (χ1n) is 8.47. The van der Waals surface area contributed by atoms with E-state index in [1.165, 1.54) is 0 Å². The van der Waals surface area contributed by atoms with E-state index in [0.717, 1.165) is 25.7 Å². The van der Waals surface area contributed by atoms with Gasteiger partial charge in [0, 0.05) is 6.04 Å². The summed E-state index contributed by atoms with van der Waals surface area (Å²) in [5.74, 6) is -0.281. The van der Waals surface area contributed by atoms with Crippen LogP contribution in [0.2, 0.25) is 0 Å². The molecule has 23 heavy (non-hydrogen) atoms. The van der Waals surface area contributed by atoms with Gasteiger partial charge in [0.2, 0.25) is 0 Å². The maximum Gasteiger partial charge on any atom is 0.190 e. The Kier molecular flexibility index (Phi) is 6.57. The third-order valence-corrected chi connectivity index (χ3v) is 5.26. The van der Waals surface area contributed by atoms with Gasteiger partial charge >= 0.3 is 0 Å². The van der Waals surface area contributed by atoms with Crippen LogP contribution in [-0.4, -0.2) is 12.6 Å². The lowest BCUT2D eigenvalue weighted by atomic mass is 9.63. The molecule has 0 bridgehead atoms. The van der Waals surface area contributed by atoms with Gasteiger partial charge in [0.05, 0.1) is 24.3 Å². The largest absolute Gasteiger partial charge is 0.311 e. The van der Waals surface area contributed by atoms with Gasteiger partial charge in [-0.15, -0.1) is 0 Å². The molecule has 0 aromatic rings. The second-order valence-corrected chi connectivity index (χ2v) is 6.32. The van der Waals surface area contributed by atoms with E-state index < -0.39 is 16.9 Å². The summed E-state index contributed by atoms with van der Waals surface area (Å²) < 4.78 is 0. The van der Waals surface area contributed by atoms with Gasteiger partial charge in [-0.1, -0.05) is 40.0 Å². The molecule has 1 saturated carbocycles. The van der Waals surface area contributed by atoms with Crippen molar-refractivity contribution in [1.82, 2.24) is 5.32 Å². The number of rotatable bonds is 7. The van der Waals surface area contributed by atoms with Crippen LogP contribution in [0, 0.1) is 68.0 Å². The highest BCUT2D eigenvalue weighted by Crippen LogP contribution is 2.60. The predicted molar refractivity (Wildman–Crippen MR) is 86.2 cm³/mol. The summed E-state index contributed by atoms with van der Waals surface area (Å²) in [6.07, 6.45) is 4.18. The Labute approximate surface area is 139 Å². The molecule has 0 aromatic heterocycles. The molecular weight excluding hydrogens is 286 g/mol. The molecule has 1 aliphatic rings. The van der Waals surface area contributed by atoms with Crippen molar-refractivity contribution in [2.24, 2.45) is 22.7 Å². The lowest BCUT2D eigenvalue weighted by Gasteiger charge is -2.31. The van der Waals surface area contributed by atoms with E-state index in [1.807, 2.05) is 13.8 Å². The molecule has 0 spiro atoms. The lowest BCUT2D eigenvalue weighted by Crippen LogP contribution is -2.49. The van der Waals surface area contributed by atoms with Crippen LogP contribution in [0.25, 0.3) is 0 Å². The van der Waals surface area contributed by atoms with Crippen molar-refractivity contribution >= 4 is 0 Å². The van der Waals surface area contributed by atoms with Crippen molar-refractivity contribution in [1.29, 1.82) is 21.0 Å². The van der Waals surface area contributed by atoms with Gasteiger partial charge in [0.25, 0.3) is 0 Å². The van der Waals surface area contributed by atoms with E-state index in [2.05, 4.69) is 36.5 Å². The topological polar surface area (TPSA) is 107 Å². The fraction of sp³-hybridized carbons (Fsp3) is 0.778. The zero-order valence-electron chi connectivity index (χ0n) is 14.3. The molecule has 0 heterocycles. The van der Waals surface area contributed by atoms with Crippen molar-refractivity contribution in [3.05, 3.63) is 0 Å². The number of nitrogens with one attached hydrogen (secondary N) is 1. The van der Waals surface area contributed by atoms with Crippen LogP contribution in [0.1, 0.15) is 52.9 Å². The summed E-state index contributed by atoms with van der Waals surface area (Å²) in [6.45, 7) is 6.77. The third-order valence-electron chi connectivity index (χ3n) is 5.26. The van der Waals surface area contributed by atoms with Gasteiger partial charge in [0.1, 0.15) is 0 Å². The molecule has 5 heteroatoms. The summed E-state index contributed by atoms with van der Waals surface area (Å²) in [5.41, 5.74) is -3.19. The van der Waals surface area contributed by atoms with Gasteiger partial charge < -0.3 is 5.32 Å². The van der Waals surface area contributed by atoms with Crippen molar-refractivity contribution in [3.63, 3.8) is 0 Å². The number of hydrogen-bond acceptors (Lipinski definition) is 5. The van der Waals surface area contributed by atoms with Gasteiger partial charge in [-0.05, 0) is 31.2 Å². The van der Waals surface area contributed by atoms with Crippen molar-refractivity contribution in [3.8, 4) is 24.3 Å². The van der Waals surface area contributed by atoms with E-state index in [1.54, 1.807) is 0 Å². The smallest absolute Gasteiger partial charge is 0.190 e. The summed E-state index contributed by atoms with van der Waals surface area (Å²) in [5, 5.41) is 42.6. The number of unbranched alkanes of at least 4 members (excludes halogenated alkanes) is 1. The van der Waals surface area contributed by atoms with Gasteiger partial charge in [-0.25, -0.2) is 0 Å². The Morgan fingerprint density at radius 2 is 1.43 bits per heavy atom. The quantitative estimate of drug-likeness (QED) is 0.726. The molecule has 122 valence electrons. The lowest BCUT2D eigenvalue weighted by molar-refractivity contribution is 0.238. The van der Waals surface area contributed by atoms with Crippen LogP contribution < -0.4 is 5.32 Å². The van der Waals surface area contributed by atoms with E-state index in [4.69, 9.17) is 0 Å². The molecule has 1 fully saturated rings. The zero-order chi connectivity index (χ0) is 17.5. The van der Waals surface area contributed by atoms with Crippen LogP contribution in [0.5, 0.6) is 0 Å². The van der Waals surface area contributed by atoms with E-state index >= 15 is 0 Å². The standard InChI is InChI=1S/C18H25N5/c1-4-7-9-23-16-14(6-3)15(8-5-2)17(10-19,11-20)18(16,12-21)13-22/h14-16,23H,4-9H2,1-3H3/t14-,15+,16+/m0/s1. The highest BCUT2D eigenvalue weighted by atomic mass is 15.0. The Balaban J connectivity index is 3.49. The number of hydrogen-bond donors (Lipinski definition) is 1. The maximum atomic E-state index is 9.83. The Hall–Kier alpha value is -2.08. The average molecular weight is 311 g/mol. The summed E-state index contributed by atoms with van der Waals surface area (Å²) in [6, 6.07) is 7.91. The van der Waals surface area contributed by atoms with Crippen LogP contribution in [-0.2, 0) is 0 Å². The van der Waals surface area contributed by atoms with Crippen LogP contribution in [0.3, 0.4) is 0 Å². The molecule has 0 saturated heterocycles. The second-order valence-electron chi connectivity index (χ2n) is 6.32. The zero-order valence-corrected chi connectivity index (χ0v) is 14.3. The molecule has 0 radical (unpaired) electrons. The van der Waals surface area contributed by atoms with Crippen LogP contribution >= 0.6 is 0 Å². The molecule has 1 rings (SSSR count). The molecule has 0 aliphatic heterocycles. The summed E-state index contributed by atoms with van der Waals surface area (Å²) >= 11 is 0. The first kappa shape index (κ1) is 19.0. The fourth-order valence-electron chi connectivity index (χ4n) is 4.12. The Morgan fingerprint density at radius 1 is 0.870 bits per heavy atom. The summed E-state index contributed by atoms with van der Waals surface area (Å²) in [7, 11) is 0.